The zero-order valence-electron chi connectivity index (χ0n) is 13.0. The molecule has 4 rings (SSSR count). The predicted octanol–water partition coefficient (Wildman–Crippen LogP) is 2.86. The zero-order valence-corrected chi connectivity index (χ0v) is 13.0. The van der Waals surface area contributed by atoms with Crippen molar-refractivity contribution in [3.8, 4) is 0 Å². The molecule has 0 radical (unpaired) electrons. The molecular weight excluding hydrogens is 304 g/mol. The Morgan fingerprint density at radius 1 is 1.00 bits per heavy atom. The first-order valence-corrected chi connectivity index (χ1v) is 7.62. The summed E-state index contributed by atoms with van der Waals surface area (Å²) in [4.78, 5) is 29.2. The van der Waals surface area contributed by atoms with Gasteiger partial charge in [-0.05, 0) is 24.6 Å². The predicted molar refractivity (Wildman–Crippen MR) is 92.3 cm³/mol. The van der Waals surface area contributed by atoms with Crippen LogP contribution < -0.4 is 11.2 Å². The number of para-hydroxylation sites is 1. The first-order chi connectivity index (χ1) is 11.6. The molecule has 24 heavy (non-hydrogen) atoms. The van der Waals surface area contributed by atoms with Crippen LogP contribution in [0.1, 0.15) is 11.3 Å². The van der Waals surface area contributed by atoms with Gasteiger partial charge in [0.05, 0.1) is 12.1 Å². The molecule has 5 nitrogen and oxygen atoms in total. The maximum Gasteiger partial charge on any atom is 0.364 e. The summed E-state index contributed by atoms with van der Waals surface area (Å²) in [5, 5.41) is 0.702. The maximum absolute atomic E-state index is 12.7. The Kier molecular flexibility index (Phi) is 3.27. The first kappa shape index (κ1) is 14.4. The Hall–Kier alpha value is -3.21. The summed E-state index contributed by atoms with van der Waals surface area (Å²) < 4.78 is 6.94. The monoisotopic (exact) mass is 318 g/mol. The molecule has 118 valence electrons. The smallest absolute Gasteiger partial charge is 0.364 e. The number of nitrogens with zero attached hydrogens (tertiary/aromatic N) is 2. The van der Waals surface area contributed by atoms with Crippen molar-refractivity contribution in [2.45, 2.75) is 13.5 Å². The van der Waals surface area contributed by atoms with Crippen LogP contribution in [0.2, 0.25) is 0 Å². The molecule has 0 aliphatic heterocycles. The highest BCUT2D eigenvalue weighted by Crippen LogP contribution is 2.21. The van der Waals surface area contributed by atoms with Gasteiger partial charge in [-0.15, -0.1) is 0 Å². The average Bonchev–Trinajstić information content (AvgIpc) is 2.60. The second-order valence-corrected chi connectivity index (χ2v) is 5.66. The summed E-state index contributed by atoms with van der Waals surface area (Å²) in [6.45, 7) is 1.98. The van der Waals surface area contributed by atoms with Gasteiger partial charge in [0, 0.05) is 5.39 Å². The minimum atomic E-state index is -0.534. The highest BCUT2D eigenvalue weighted by Gasteiger charge is 2.16. The Balaban J connectivity index is 2.16. The topological polar surface area (TPSA) is 65.1 Å². The lowest BCUT2D eigenvalue weighted by atomic mass is 10.1. The summed E-state index contributed by atoms with van der Waals surface area (Å²) in [6, 6.07) is 16.8. The molecule has 0 saturated heterocycles. The molecule has 0 N–H and O–H groups in total. The lowest BCUT2D eigenvalue weighted by molar-refractivity contribution is 0.565. The highest BCUT2D eigenvalue weighted by atomic mass is 16.4. The number of aromatic nitrogens is 2. The van der Waals surface area contributed by atoms with Crippen molar-refractivity contribution in [3.63, 3.8) is 0 Å². The minimum absolute atomic E-state index is 0.182. The fourth-order valence-electron chi connectivity index (χ4n) is 2.92. The molecular formula is C19H14N2O3. The molecule has 2 aromatic carbocycles. The number of fused-ring (bicyclic) bond motifs is 3. The van der Waals surface area contributed by atoms with Crippen LogP contribution in [-0.4, -0.2) is 9.55 Å². The van der Waals surface area contributed by atoms with Crippen molar-refractivity contribution in [3.05, 3.63) is 86.6 Å². The fraction of sp³-hybridized carbons (Fsp3) is 0.105. The Bertz CT molecular complexity index is 1170. The molecule has 2 aromatic heterocycles. The van der Waals surface area contributed by atoms with Crippen LogP contribution >= 0.6 is 0 Å². The Labute approximate surface area is 136 Å². The van der Waals surface area contributed by atoms with Crippen LogP contribution in [-0.2, 0) is 6.54 Å². The van der Waals surface area contributed by atoms with Crippen molar-refractivity contribution < 1.29 is 4.42 Å². The van der Waals surface area contributed by atoms with E-state index < -0.39 is 5.63 Å². The summed E-state index contributed by atoms with van der Waals surface area (Å²) in [5.41, 5.74) is 1.66. The van der Waals surface area contributed by atoms with Crippen LogP contribution in [0.3, 0.4) is 0 Å². The summed E-state index contributed by atoms with van der Waals surface area (Å²) >= 11 is 0. The van der Waals surface area contributed by atoms with Gasteiger partial charge in [0.2, 0.25) is 0 Å². The van der Waals surface area contributed by atoms with Crippen molar-refractivity contribution >= 4 is 22.0 Å². The fourth-order valence-corrected chi connectivity index (χ4v) is 2.92. The van der Waals surface area contributed by atoms with Crippen LogP contribution in [0, 0.1) is 6.92 Å². The quantitative estimate of drug-likeness (QED) is 0.421. The Morgan fingerprint density at radius 3 is 2.50 bits per heavy atom. The van der Waals surface area contributed by atoms with Crippen molar-refractivity contribution in [1.82, 2.24) is 9.55 Å². The summed E-state index contributed by atoms with van der Waals surface area (Å²) in [7, 11) is 0. The van der Waals surface area contributed by atoms with E-state index in [1.54, 1.807) is 23.6 Å². The van der Waals surface area contributed by atoms with E-state index >= 15 is 0 Å². The minimum Gasteiger partial charge on any atom is -0.421 e. The molecule has 0 bridgehead atoms. The van der Waals surface area contributed by atoms with Gasteiger partial charge >= 0.3 is 5.63 Å². The molecule has 0 amide bonds. The molecule has 5 heteroatoms. The third-order valence-electron chi connectivity index (χ3n) is 4.05. The number of benzene rings is 2. The van der Waals surface area contributed by atoms with E-state index in [0.717, 1.165) is 5.56 Å². The molecule has 0 atom stereocenters. The molecule has 0 unspecified atom stereocenters. The highest BCUT2D eigenvalue weighted by molar-refractivity contribution is 6.00. The molecule has 2 heterocycles. The van der Waals surface area contributed by atoms with Gasteiger partial charge in [-0.2, -0.15) is 0 Å². The van der Waals surface area contributed by atoms with Crippen LogP contribution in [0.5, 0.6) is 0 Å². The van der Waals surface area contributed by atoms with Crippen molar-refractivity contribution in [2.24, 2.45) is 0 Å². The van der Waals surface area contributed by atoms with Crippen molar-refractivity contribution in [1.29, 1.82) is 0 Å². The molecule has 4 aromatic rings. The SMILES string of the molecule is Cc1nc2c(=O)oc3ccccc3c2n(Cc2ccccc2)c1=O. The van der Waals surface area contributed by atoms with Crippen LogP contribution in [0.25, 0.3) is 22.0 Å². The van der Waals surface area contributed by atoms with Crippen LogP contribution in [0.15, 0.2) is 68.6 Å². The van der Waals surface area contributed by atoms with E-state index in [0.29, 0.717) is 23.0 Å². The third-order valence-corrected chi connectivity index (χ3v) is 4.05. The van der Waals surface area contributed by atoms with E-state index in [1.807, 2.05) is 42.5 Å². The lowest BCUT2D eigenvalue weighted by Crippen LogP contribution is -2.26. The zero-order chi connectivity index (χ0) is 16.7. The summed E-state index contributed by atoms with van der Waals surface area (Å²) in [6.07, 6.45) is 0. The van der Waals surface area contributed by atoms with E-state index in [1.165, 1.54) is 0 Å². The van der Waals surface area contributed by atoms with Gasteiger partial charge in [-0.25, -0.2) is 9.78 Å². The largest absolute Gasteiger partial charge is 0.421 e. The number of hydrogen-bond donors (Lipinski definition) is 0. The molecule has 0 spiro atoms. The van der Waals surface area contributed by atoms with Gasteiger partial charge in [-0.3, -0.25) is 9.36 Å². The normalized spacial score (nSPS) is 11.2. The number of rotatable bonds is 2. The van der Waals surface area contributed by atoms with Gasteiger partial charge < -0.3 is 4.42 Å². The Morgan fingerprint density at radius 2 is 1.71 bits per heavy atom. The van der Waals surface area contributed by atoms with E-state index in [4.69, 9.17) is 4.42 Å². The second kappa shape index (κ2) is 5.45. The molecule has 0 aliphatic carbocycles. The van der Waals surface area contributed by atoms with Gasteiger partial charge in [0.25, 0.3) is 5.56 Å². The third kappa shape index (κ3) is 2.22. The van der Waals surface area contributed by atoms with Gasteiger partial charge in [-0.1, -0.05) is 42.5 Å². The van der Waals surface area contributed by atoms with Crippen LogP contribution in [0.4, 0.5) is 0 Å². The average molecular weight is 318 g/mol. The summed E-state index contributed by atoms with van der Waals surface area (Å²) in [5.74, 6) is 0. The number of hydrogen-bond acceptors (Lipinski definition) is 4. The van der Waals surface area contributed by atoms with E-state index in [-0.39, 0.29) is 16.8 Å². The standard InChI is InChI=1S/C19H14N2O3/c1-12-18(22)21(11-13-7-3-2-4-8-13)17-14-9-5-6-10-15(14)24-19(23)16(17)20-12/h2-10H,11H2,1H3. The number of aryl methyl sites for hydroxylation is 1. The van der Waals surface area contributed by atoms with E-state index in [9.17, 15) is 9.59 Å². The molecule has 0 saturated carbocycles. The second-order valence-electron chi connectivity index (χ2n) is 5.66. The van der Waals surface area contributed by atoms with Gasteiger partial charge in [0.1, 0.15) is 11.3 Å². The van der Waals surface area contributed by atoms with Gasteiger partial charge in [0.15, 0.2) is 5.52 Å². The van der Waals surface area contributed by atoms with E-state index in [2.05, 4.69) is 4.98 Å². The first-order valence-electron chi connectivity index (χ1n) is 7.62. The molecule has 0 fully saturated rings. The molecule has 0 aliphatic rings. The van der Waals surface area contributed by atoms with Crippen molar-refractivity contribution in [2.75, 3.05) is 0 Å². The lowest BCUT2D eigenvalue weighted by Gasteiger charge is -2.12. The maximum atomic E-state index is 12.7.